The first-order valence-corrected chi connectivity index (χ1v) is 8.79. The highest BCUT2D eigenvalue weighted by Crippen LogP contribution is 2.65. The largest absolute Gasteiger partial charge is 0.550 e. The first kappa shape index (κ1) is 13.6. The summed E-state index contributed by atoms with van der Waals surface area (Å²) < 4.78 is 0. The predicted octanol–water partition coefficient (Wildman–Crippen LogP) is 3.43. The number of hydrogen-bond donors (Lipinski definition) is 0. The molecule has 23 heavy (non-hydrogen) atoms. The van der Waals surface area contributed by atoms with Crippen molar-refractivity contribution in [3.05, 3.63) is 48.0 Å². The van der Waals surface area contributed by atoms with Crippen LogP contribution in [-0.4, -0.2) is 5.97 Å². The van der Waals surface area contributed by atoms with Gasteiger partial charge in [-0.15, -0.1) is 0 Å². The van der Waals surface area contributed by atoms with Gasteiger partial charge in [0.15, 0.2) is 0 Å². The number of fused-ring (bicyclic) bond motifs is 1. The second-order valence-electron chi connectivity index (χ2n) is 8.37. The van der Waals surface area contributed by atoms with Gasteiger partial charge in [0, 0.05) is 11.4 Å². The van der Waals surface area contributed by atoms with Crippen molar-refractivity contribution in [3.63, 3.8) is 0 Å². The molecular weight excluding hydrogens is 284 g/mol. The maximum absolute atomic E-state index is 11.9. The van der Waals surface area contributed by atoms with Crippen LogP contribution >= 0.6 is 0 Å². The van der Waals surface area contributed by atoms with E-state index in [1.807, 2.05) is 0 Å². The molecule has 4 aliphatic rings. The highest BCUT2D eigenvalue weighted by atomic mass is 16.4. The van der Waals surface area contributed by atoms with Crippen LogP contribution in [0.4, 0.5) is 0 Å². The molecule has 0 heterocycles. The van der Waals surface area contributed by atoms with E-state index in [9.17, 15) is 9.90 Å². The van der Waals surface area contributed by atoms with Crippen LogP contribution in [0.1, 0.15) is 44.1 Å². The van der Waals surface area contributed by atoms with Crippen LogP contribution in [0.5, 0.6) is 0 Å². The molecule has 118 valence electrons. The topological polar surface area (TPSA) is 40.1 Å². The minimum Gasteiger partial charge on any atom is -0.550 e. The minimum atomic E-state index is -0.795. The quantitative estimate of drug-likeness (QED) is 0.853. The highest BCUT2D eigenvalue weighted by molar-refractivity contribution is 5.83. The summed E-state index contributed by atoms with van der Waals surface area (Å²) in [5.41, 5.74) is 0.861. The minimum absolute atomic E-state index is 0.0637. The third kappa shape index (κ3) is 1.84. The van der Waals surface area contributed by atoms with E-state index < -0.39 is 11.4 Å². The van der Waals surface area contributed by atoms with Crippen molar-refractivity contribution in [2.24, 2.45) is 17.3 Å². The zero-order valence-corrected chi connectivity index (χ0v) is 13.3. The second kappa shape index (κ2) is 4.37. The summed E-state index contributed by atoms with van der Waals surface area (Å²) in [6.45, 7) is 0. The number of carboxylic acid groups (broad SMARTS) is 1. The number of carbonyl (C=O) groups excluding carboxylic acids is 1. The van der Waals surface area contributed by atoms with Gasteiger partial charge in [-0.25, -0.2) is 0 Å². The van der Waals surface area contributed by atoms with Crippen molar-refractivity contribution in [3.8, 4) is 0 Å². The summed E-state index contributed by atoms with van der Waals surface area (Å²) in [4.78, 5) is 11.9. The molecule has 4 fully saturated rings. The molecule has 2 nitrogen and oxygen atoms in total. The molecule has 2 aromatic carbocycles. The first-order chi connectivity index (χ1) is 11.1. The van der Waals surface area contributed by atoms with Crippen molar-refractivity contribution >= 4 is 16.7 Å². The Kier molecular flexibility index (Phi) is 2.58. The van der Waals surface area contributed by atoms with Gasteiger partial charge in [-0.2, -0.15) is 0 Å². The number of carboxylic acids is 1. The maximum Gasteiger partial charge on any atom is 0.0476 e. The molecule has 2 heteroatoms. The van der Waals surface area contributed by atoms with E-state index in [-0.39, 0.29) is 5.41 Å². The Morgan fingerprint density at radius 1 is 0.957 bits per heavy atom. The average Bonchev–Trinajstić information content (AvgIpc) is 2.53. The van der Waals surface area contributed by atoms with E-state index in [4.69, 9.17) is 0 Å². The van der Waals surface area contributed by atoms with Crippen LogP contribution in [0.25, 0.3) is 10.8 Å². The third-order valence-corrected chi connectivity index (χ3v) is 6.86. The van der Waals surface area contributed by atoms with Gasteiger partial charge in [-0.05, 0) is 72.1 Å². The van der Waals surface area contributed by atoms with Gasteiger partial charge < -0.3 is 9.90 Å². The number of benzene rings is 2. The number of rotatable bonds is 2. The maximum atomic E-state index is 11.9. The molecule has 2 aromatic rings. The van der Waals surface area contributed by atoms with Crippen LogP contribution < -0.4 is 5.11 Å². The van der Waals surface area contributed by atoms with E-state index in [1.165, 1.54) is 22.8 Å². The molecule has 0 aliphatic heterocycles. The number of carbonyl (C=O) groups is 1. The summed E-state index contributed by atoms with van der Waals surface area (Å²) in [6, 6.07) is 15.2. The summed E-state index contributed by atoms with van der Waals surface area (Å²) >= 11 is 0. The zero-order valence-electron chi connectivity index (χ0n) is 13.3. The van der Waals surface area contributed by atoms with E-state index in [0.717, 1.165) is 32.1 Å². The van der Waals surface area contributed by atoms with Gasteiger partial charge in [0.1, 0.15) is 0 Å². The molecule has 4 atom stereocenters. The predicted molar refractivity (Wildman–Crippen MR) is 87.7 cm³/mol. The molecule has 0 aromatic heterocycles. The van der Waals surface area contributed by atoms with E-state index >= 15 is 0 Å². The van der Waals surface area contributed by atoms with E-state index in [2.05, 4.69) is 42.5 Å². The van der Waals surface area contributed by atoms with Gasteiger partial charge in [-0.3, -0.25) is 0 Å². The third-order valence-electron chi connectivity index (χ3n) is 6.86. The molecule has 0 saturated heterocycles. The van der Waals surface area contributed by atoms with Crippen LogP contribution in [-0.2, 0) is 10.2 Å². The fraction of sp³-hybridized carbons (Fsp3) is 0.476. The average molecular weight is 305 g/mol. The summed E-state index contributed by atoms with van der Waals surface area (Å²) in [6.07, 6.45) is 6.04. The van der Waals surface area contributed by atoms with Gasteiger partial charge >= 0.3 is 0 Å². The van der Waals surface area contributed by atoms with Crippen LogP contribution in [0.3, 0.4) is 0 Å². The molecule has 6 rings (SSSR count). The number of aliphatic carboxylic acids is 1. The molecule has 0 radical (unpaired) electrons. The Hall–Kier alpha value is -1.83. The molecular formula is C21H21O2-. The highest BCUT2D eigenvalue weighted by Gasteiger charge is 2.58. The van der Waals surface area contributed by atoms with Crippen molar-refractivity contribution < 1.29 is 9.90 Å². The smallest absolute Gasteiger partial charge is 0.0476 e. The zero-order chi connectivity index (χ0) is 15.7. The monoisotopic (exact) mass is 305 g/mol. The van der Waals surface area contributed by atoms with Crippen molar-refractivity contribution in [1.82, 2.24) is 0 Å². The molecule has 0 spiro atoms. The standard InChI is InChI=1S/C21H22O2/c22-19(23)21-11-14-7-15(12-21)10-20(9-14,13-21)18-6-5-16-3-1-2-4-17(16)8-18/h1-6,8,14-15H,7,9-13H2,(H,22,23)/p-1/t14-,15+,20?,21?. The van der Waals surface area contributed by atoms with Crippen molar-refractivity contribution in [1.29, 1.82) is 0 Å². The Morgan fingerprint density at radius 2 is 1.65 bits per heavy atom. The van der Waals surface area contributed by atoms with Gasteiger partial charge in [-0.1, -0.05) is 42.5 Å². The molecule has 2 unspecified atom stereocenters. The Labute approximate surface area is 136 Å². The van der Waals surface area contributed by atoms with Crippen LogP contribution in [0, 0.1) is 17.3 Å². The number of hydrogen-bond acceptors (Lipinski definition) is 2. The molecule has 4 saturated carbocycles. The van der Waals surface area contributed by atoms with E-state index in [0.29, 0.717) is 11.8 Å². The normalized spacial score (nSPS) is 38.1. The SMILES string of the molecule is O=C([O-])C12C[C@H]3C[C@@H](C1)CC(c1ccc4ccccc4c1)(C3)C2. The lowest BCUT2D eigenvalue weighted by Gasteiger charge is -2.62. The summed E-state index contributed by atoms with van der Waals surface area (Å²) in [5.74, 6) is 0.345. The lowest BCUT2D eigenvalue weighted by molar-refractivity contribution is -0.327. The molecule has 0 N–H and O–H groups in total. The van der Waals surface area contributed by atoms with Crippen molar-refractivity contribution in [2.45, 2.75) is 43.9 Å². The van der Waals surface area contributed by atoms with Gasteiger partial charge in [0.25, 0.3) is 0 Å². The fourth-order valence-electron chi connectivity index (χ4n) is 6.36. The summed E-state index contributed by atoms with van der Waals surface area (Å²) in [5, 5.41) is 14.5. The molecule has 4 aliphatic carbocycles. The Bertz CT molecular complexity index is 792. The molecule has 4 bridgehead atoms. The molecule has 0 amide bonds. The Morgan fingerprint density at radius 3 is 2.35 bits per heavy atom. The van der Waals surface area contributed by atoms with Gasteiger partial charge in [0.05, 0.1) is 0 Å². The van der Waals surface area contributed by atoms with E-state index in [1.54, 1.807) is 0 Å². The second-order valence-corrected chi connectivity index (χ2v) is 8.37. The van der Waals surface area contributed by atoms with Crippen LogP contribution in [0.15, 0.2) is 42.5 Å². The van der Waals surface area contributed by atoms with Crippen molar-refractivity contribution in [2.75, 3.05) is 0 Å². The Balaban J connectivity index is 1.64. The lowest BCUT2D eigenvalue weighted by atomic mass is 9.43. The summed E-state index contributed by atoms with van der Waals surface area (Å²) in [7, 11) is 0. The fourth-order valence-corrected chi connectivity index (χ4v) is 6.36. The van der Waals surface area contributed by atoms with Crippen LogP contribution in [0.2, 0.25) is 0 Å². The first-order valence-electron chi connectivity index (χ1n) is 8.79. The lowest BCUT2D eigenvalue weighted by Crippen LogP contribution is -2.59. The van der Waals surface area contributed by atoms with Gasteiger partial charge in [0.2, 0.25) is 0 Å².